The molecule has 0 fully saturated rings. The molecule has 14 heavy (non-hydrogen) atoms. The van der Waals surface area contributed by atoms with Gasteiger partial charge in [-0.15, -0.1) is 0 Å². The number of anilines is 1. The molecular weight excluding hydrogens is 192 g/mol. The molecule has 0 saturated heterocycles. The van der Waals surface area contributed by atoms with Gasteiger partial charge in [0.05, 0.1) is 12.6 Å². The van der Waals surface area contributed by atoms with Crippen LogP contribution in [0.3, 0.4) is 0 Å². The average Bonchev–Trinajstić information content (AvgIpc) is 2.17. The Bertz CT molecular complexity index is 357. The molecule has 1 unspecified atom stereocenters. The largest absolute Gasteiger partial charge is 0.489 e. The SMILES string of the molecule is OCC1COc2cc(F)cc(F)c2N1. The summed E-state index contributed by atoms with van der Waals surface area (Å²) in [5.74, 6) is -1.24. The van der Waals surface area contributed by atoms with Gasteiger partial charge in [-0.3, -0.25) is 0 Å². The molecule has 0 amide bonds. The normalized spacial score (nSPS) is 19.5. The molecule has 5 heteroatoms. The number of ether oxygens (including phenoxy) is 1. The van der Waals surface area contributed by atoms with E-state index in [1.807, 2.05) is 0 Å². The van der Waals surface area contributed by atoms with Crippen molar-refractivity contribution < 1.29 is 18.6 Å². The van der Waals surface area contributed by atoms with Crippen molar-refractivity contribution in [1.82, 2.24) is 0 Å². The predicted octanol–water partition coefficient (Wildman–Crippen LogP) is 1.13. The van der Waals surface area contributed by atoms with E-state index in [9.17, 15) is 8.78 Å². The van der Waals surface area contributed by atoms with E-state index in [1.165, 1.54) is 0 Å². The molecule has 0 radical (unpaired) electrons. The second-order valence-electron chi connectivity index (χ2n) is 3.10. The van der Waals surface area contributed by atoms with Gasteiger partial charge in [0.2, 0.25) is 0 Å². The molecule has 1 aliphatic rings. The second kappa shape index (κ2) is 3.42. The third-order valence-electron chi connectivity index (χ3n) is 2.03. The molecule has 1 atom stereocenters. The van der Waals surface area contributed by atoms with E-state index in [2.05, 4.69) is 5.32 Å². The summed E-state index contributed by atoms with van der Waals surface area (Å²) in [4.78, 5) is 0. The predicted molar refractivity (Wildman–Crippen MR) is 46.3 cm³/mol. The zero-order chi connectivity index (χ0) is 10.1. The zero-order valence-corrected chi connectivity index (χ0v) is 7.26. The molecule has 0 spiro atoms. The Morgan fingerprint density at radius 2 is 2.29 bits per heavy atom. The fourth-order valence-corrected chi connectivity index (χ4v) is 1.34. The summed E-state index contributed by atoms with van der Waals surface area (Å²) < 4.78 is 31.0. The van der Waals surface area contributed by atoms with E-state index >= 15 is 0 Å². The van der Waals surface area contributed by atoms with Crippen molar-refractivity contribution in [1.29, 1.82) is 0 Å². The van der Waals surface area contributed by atoms with Gasteiger partial charge in [0.1, 0.15) is 23.9 Å². The highest BCUT2D eigenvalue weighted by Gasteiger charge is 2.22. The van der Waals surface area contributed by atoms with Gasteiger partial charge in [0.15, 0.2) is 5.82 Å². The van der Waals surface area contributed by atoms with Gasteiger partial charge in [-0.1, -0.05) is 0 Å². The van der Waals surface area contributed by atoms with Crippen LogP contribution >= 0.6 is 0 Å². The Morgan fingerprint density at radius 3 is 3.00 bits per heavy atom. The standard InChI is InChI=1S/C9H9F2NO2/c10-5-1-7(11)9-8(2-5)14-4-6(3-13)12-9/h1-2,6,12-13H,3-4H2. The lowest BCUT2D eigenvalue weighted by Crippen LogP contribution is -2.34. The van der Waals surface area contributed by atoms with E-state index in [4.69, 9.17) is 9.84 Å². The number of halogens is 2. The minimum atomic E-state index is -0.710. The molecule has 2 rings (SSSR count). The highest BCUT2D eigenvalue weighted by Crippen LogP contribution is 2.32. The lowest BCUT2D eigenvalue weighted by atomic mass is 10.2. The van der Waals surface area contributed by atoms with Crippen molar-refractivity contribution in [2.45, 2.75) is 6.04 Å². The third kappa shape index (κ3) is 1.50. The molecule has 1 aromatic rings. The molecule has 1 heterocycles. The lowest BCUT2D eigenvalue weighted by molar-refractivity contribution is 0.206. The van der Waals surface area contributed by atoms with Crippen molar-refractivity contribution in [2.24, 2.45) is 0 Å². The highest BCUT2D eigenvalue weighted by molar-refractivity contribution is 5.59. The first-order valence-electron chi connectivity index (χ1n) is 4.20. The summed E-state index contributed by atoms with van der Waals surface area (Å²) in [6.07, 6.45) is 0. The van der Waals surface area contributed by atoms with Crippen LogP contribution in [0.25, 0.3) is 0 Å². The van der Waals surface area contributed by atoms with Crippen LogP contribution in [-0.4, -0.2) is 24.4 Å². The Morgan fingerprint density at radius 1 is 1.50 bits per heavy atom. The van der Waals surface area contributed by atoms with E-state index in [1.54, 1.807) is 0 Å². The Hall–Kier alpha value is -1.36. The van der Waals surface area contributed by atoms with E-state index in [0.29, 0.717) is 0 Å². The molecule has 1 aliphatic heterocycles. The van der Waals surface area contributed by atoms with Gasteiger partial charge >= 0.3 is 0 Å². The van der Waals surface area contributed by atoms with Crippen LogP contribution in [-0.2, 0) is 0 Å². The van der Waals surface area contributed by atoms with Crippen LogP contribution in [0.4, 0.5) is 14.5 Å². The van der Waals surface area contributed by atoms with Crippen LogP contribution in [0, 0.1) is 11.6 Å². The van der Waals surface area contributed by atoms with Gasteiger partial charge in [-0.05, 0) is 0 Å². The van der Waals surface area contributed by atoms with Crippen LogP contribution < -0.4 is 10.1 Å². The molecule has 1 aromatic carbocycles. The summed E-state index contributed by atoms with van der Waals surface area (Å²) in [6.45, 7) is 0.0443. The quantitative estimate of drug-likeness (QED) is 0.715. The third-order valence-corrected chi connectivity index (χ3v) is 2.03. The minimum absolute atomic E-state index is 0.108. The maximum absolute atomic E-state index is 13.2. The fourth-order valence-electron chi connectivity index (χ4n) is 1.34. The number of nitrogens with one attached hydrogen (secondary N) is 1. The Labute approximate surface area is 79.3 Å². The van der Waals surface area contributed by atoms with Crippen molar-refractivity contribution in [3.05, 3.63) is 23.8 Å². The molecule has 76 valence electrons. The van der Waals surface area contributed by atoms with Gasteiger partial charge < -0.3 is 15.2 Å². The summed E-state index contributed by atoms with van der Waals surface area (Å²) in [7, 11) is 0. The lowest BCUT2D eigenvalue weighted by Gasteiger charge is -2.26. The van der Waals surface area contributed by atoms with Gasteiger partial charge in [-0.25, -0.2) is 8.78 Å². The van der Waals surface area contributed by atoms with Crippen LogP contribution in [0.2, 0.25) is 0 Å². The molecular formula is C9H9F2NO2. The highest BCUT2D eigenvalue weighted by atomic mass is 19.1. The van der Waals surface area contributed by atoms with Crippen molar-refractivity contribution >= 4 is 5.69 Å². The summed E-state index contributed by atoms with van der Waals surface area (Å²) in [5, 5.41) is 11.5. The first-order valence-corrected chi connectivity index (χ1v) is 4.20. The topological polar surface area (TPSA) is 41.5 Å². The molecule has 0 saturated carbocycles. The van der Waals surface area contributed by atoms with Crippen molar-refractivity contribution in [3.63, 3.8) is 0 Å². The van der Waals surface area contributed by atoms with Crippen LogP contribution in [0.1, 0.15) is 0 Å². The number of aliphatic hydroxyl groups excluding tert-OH is 1. The zero-order valence-electron chi connectivity index (χ0n) is 7.26. The average molecular weight is 201 g/mol. The van der Waals surface area contributed by atoms with Gasteiger partial charge in [0, 0.05) is 12.1 Å². The summed E-state index contributed by atoms with van der Waals surface area (Å²) in [5.41, 5.74) is 0.108. The molecule has 0 aromatic heterocycles. The molecule has 0 bridgehead atoms. The monoisotopic (exact) mass is 201 g/mol. The Balaban J connectivity index is 2.37. The van der Waals surface area contributed by atoms with Gasteiger partial charge in [-0.2, -0.15) is 0 Å². The number of fused-ring (bicyclic) bond motifs is 1. The maximum Gasteiger partial charge on any atom is 0.153 e. The van der Waals surface area contributed by atoms with Crippen molar-refractivity contribution in [2.75, 3.05) is 18.5 Å². The van der Waals surface area contributed by atoms with Crippen molar-refractivity contribution in [3.8, 4) is 5.75 Å². The molecule has 2 N–H and O–H groups in total. The first kappa shape index (κ1) is 9.21. The Kier molecular flexibility index (Phi) is 2.25. The minimum Gasteiger partial charge on any atom is -0.489 e. The molecule has 0 aliphatic carbocycles. The molecule has 3 nitrogen and oxygen atoms in total. The van der Waals surface area contributed by atoms with Crippen LogP contribution in [0.5, 0.6) is 5.75 Å². The number of benzene rings is 1. The maximum atomic E-state index is 13.2. The first-order chi connectivity index (χ1) is 6.70. The number of aliphatic hydroxyl groups is 1. The fraction of sp³-hybridized carbons (Fsp3) is 0.333. The smallest absolute Gasteiger partial charge is 0.153 e. The summed E-state index contributed by atoms with van der Waals surface area (Å²) in [6, 6.07) is 1.54. The summed E-state index contributed by atoms with van der Waals surface area (Å²) >= 11 is 0. The number of hydrogen-bond acceptors (Lipinski definition) is 3. The van der Waals surface area contributed by atoms with Gasteiger partial charge in [0.25, 0.3) is 0 Å². The van der Waals surface area contributed by atoms with E-state index in [0.717, 1.165) is 12.1 Å². The van der Waals surface area contributed by atoms with E-state index in [-0.39, 0.29) is 30.7 Å². The van der Waals surface area contributed by atoms with Crippen LogP contribution in [0.15, 0.2) is 12.1 Å². The number of rotatable bonds is 1. The second-order valence-corrected chi connectivity index (χ2v) is 3.10. The number of hydrogen-bond donors (Lipinski definition) is 2. The van der Waals surface area contributed by atoms with E-state index < -0.39 is 11.6 Å².